The maximum atomic E-state index is 5.80. The van der Waals surface area contributed by atoms with Crippen molar-refractivity contribution in [1.82, 2.24) is 15.0 Å². The van der Waals surface area contributed by atoms with E-state index in [1.807, 2.05) is 49.4 Å². The lowest BCUT2D eigenvalue weighted by atomic mass is 10.2. The predicted molar refractivity (Wildman–Crippen MR) is 76.4 cm³/mol. The van der Waals surface area contributed by atoms with Gasteiger partial charge in [-0.15, -0.1) is 0 Å². The second-order valence-corrected chi connectivity index (χ2v) is 4.40. The van der Waals surface area contributed by atoms with Crippen LogP contribution in [0.5, 0.6) is 0 Å². The van der Waals surface area contributed by atoms with E-state index in [2.05, 4.69) is 15.0 Å². The number of rotatable bonds is 2. The Morgan fingerprint density at radius 1 is 1.11 bits per heavy atom. The number of hydrogen-bond donors (Lipinski definition) is 2. The Morgan fingerprint density at radius 2 is 2.00 bits per heavy atom. The van der Waals surface area contributed by atoms with Gasteiger partial charge in [0.05, 0.1) is 5.69 Å². The van der Waals surface area contributed by atoms with Crippen molar-refractivity contribution in [3.05, 3.63) is 54.4 Å². The summed E-state index contributed by atoms with van der Waals surface area (Å²) in [5.74, 6) is 0.811. The van der Waals surface area contributed by atoms with E-state index in [4.69, 9.17) is 5.73 Å². The Bertz CT molecular complexity index is 701. The van der Waals surface area contributed by atoms with Gasteiger partial charge < -0.3 is 10.7 Å². The number of hydrogen-bond acceptors (Lipinski definition) is 3. The minimum absolute atomic E-state index is 0.728. The van der Waals surface area contributed by atoms with Crippen LogP contribution in [0.4, 0.5) is 5.69 Å². The second-order valence-electron chi connectivity index (χ2n) is 4.40. The molecule has 94 valence electrons. The number of pyridine rings is 1. The van der Waals surface area contributed by atoms with E-state index in [1.54, 1.807) is 6.20 Å². The minimum Gasteiger partial charge on any atom is -0.399 e. The normalized spacial score (nSPS) is 10.6. The zero-order valence-corrected chi connectivity index (χ0v) is 10.6. The number of H-pyrrole nitrogens is 1. The van der Waals surface area contributed by atoms with Crippen LogP contribution < -0.4 is 5.73 Å². The van der Waals surface area contributed by atoms with E-state index in [-0.39, 0.29) is 0 Å². The Balaban J connectivity index is 2.07. The topological polar surface area (TPSA) is 67.6 Å². The molecule has 0 amide bonds. The molecule has 3 N–H and O–H groups in total. The van der Waals surface area contributed by atoms with Crippen molar-refractivity contribution < 1.29 is 0 Å². The summed E-state index contributed by atoms with van der Waals surface area (Å²) in [5, 5.41) is 0. The van der Waals surface area contributed by atoms with Crippen LogP contribution in [0.15, 0.2) is 48.7 Å². The van der Waals surface area contributed by atoms with Crippen molar-refractivity contribution >= 4 is 5.69 Å². The van der Waals surface area contributed by atoms with Crippen LogP contribution in [0.2, 0.25) is 0 Å². The molecule has 0 bridgehead atoms. The fourth-order valence-corrected chi connectivity index (χ4v) is 2.04. The van der Waals surface area contributed by atoms with Gasteiger partial charge in [0.25, 0.3) is 0 Å². The molecule has 0 aliphatic carbocycles. The third kappa shape index (κ3) is 2.20. The van der Waals surface area contributed by atoms with Crippen molar-refractivity contribution in [3.8, 4) is 22.8 Å². The SMILES string of the molecule is Cc1[nH]c(-c2cccc(N)c2)nc1-c1ccccn1. The average Bonchev–Trinajstić information content (AvgIpc) is 2.82. The molecule has 4 nitrogen and oxygen atoms in total. The highest BCUT2D eigenvalue weighted by molar-refractivity contribution is 5.66. The standard InChI is InChI=1S/C15H14N4/c1-10-14(13-7-2-3-8-17-13)19-15(18-10)11-5-4-6-12(16)9-11/h2-9H,16H2,1H3,(H,18,19). The zero-order chi connectivity index (χ0) is 13.2. The van der Waals surface area contributed by atoms with Crippen molar-refractivity contribution in [1.29, 1.82) is 0 Å². The molecule has 2 aromatic heterocycles. The summed E-state index contributed by atoms with van der Waals surface area (Å²) in [6.45, 7) is 1.99. The van der Waals surface area contributed by atoms with Crippen LogP contribution in [-0.4, -0.2) is 15.0 Å². The number of nitrogens with one attached hydrogen (secondary N) is 1. The van der Waals surface area contributed by atoms with Crippen LogP contribution >= 0.6 is 0 Å². The molecular formula is C15H14N4. The van der Waals surface area contributed by atoms with E-state index in [9.17, 15) is 0 Å². The number of nitrogen functional groups attached to an aromatic ring is 1. The number of imidazole rings is 1. The number of aryl methyl sites for hydroxylation is 1. The molecule has 0 saturated heterocycles. The van der Waals surface area contributed by atoms with Gasteiger partial charge in [-0.2, -0.15) is 0 Å². The summed E-state index contributed by atoms with van der Waals surface area (Å²) >= 11 is 0. The minimum atomic E-state index is 0.728. The highest BCUT2D eigenvalue weighted by Gasteiger charge is 2.11. The Morgan fingerprint density at radius 3 is 2.74 bits per heavy atom. The Kier molecular flexibility index (Phi) is 2.76. The molecule has 0 fully saturated rings. The lowest BCUT2D eigenvalue weighted by molar-refractivity contribution is 1.25. The summed E-state index contributed by atoms with van der Waals surface area (Å²) < 4.78 is 0. The lowest BCUT2D eigenvalue weighted by Gasteiger charge is -1.98. The molecule has 2 heterocycles. The molecule has 1 aromatic carbocycles. The van der Waals surface area contributed by atoms with Gasteiger partial charge >= 0.3 is 0 Å². The Labute approximate surface area is 111 Å². The largest absolute Gasteiger partial charge is 0.399 e. The summed E-state index contributed by atoms with van der Waals surface area (Å²) in [6, 6.07) is 13.5. The third-order valence-electron chi connectivity index (χ3n) is 2.95. The number of aromatic amines is 1. The molecule has 0 aliphatic heterocycles. The van der Waals surface area contributed by atoms with Gasteiger partial charge in [0, 0.05) is 23.1 Å². The molecule has 0 unspecified atom stereocenters. The van der Waals surface area contributed by atoms with Crippen LogP contribution in [0.1, 0.15) is 5.69 Å². The molecule has 3 aromatic rings. The van der Waals surface area contributed by atoms with Crippen LogP contribution in [0.3, 0.4) is 0 Å². The second kappa shape index (κ2) is 4.57. The van der Waals surface area contributed by atoms with Gasteiger partial charge in [-0.25, -0.2) is 4.98 Å². The monoisotopic (exact) mass is 250 g/mol. The van der Waals surface area contributed by atoms with E-state index < -0.39 is 0 Å². The fourth-order valence-electron chi connectivity index (χ4n) is 2.04. The van der Waals surface area contributed by atoms with E-state index in [0.717, 1.165) is 34.2 Å². The molecule has 0 saturated carbocycles. The molecule has 0 aliphatic rings. The van der Waals surface area contributed by atoms with Crippen LogP contribution in [0.25, 0.3) is 22.8 Å². The average molecular weight is 250 g/mol. The zero-order valence-electron chi connectivity index (χ0n) is 10.6. The first-order valence-corrected chi connectivity index (χ1v) is 6.08. The van der Waals surface area contributed by atoms with Gasteiger partial charge in [-0.3, -0.25) is 4.98 Å². The van der Waals surface area contributed by atoms with Crippen molar-refractivity contribution in [2.45, 2.75) is 6.92 Å². The fraction of sp³-hybridized carbons (Fsp3) is 0.0667. The summed E-state index contributed by atoms with van der Waals surface area (Å²) in [5.41, 5.74) is 10.2. The Hall–Kier alpha value is -2.62. The number of anilines is 1. The van der Waals surface area contributed by atoms with Crippen LogP contribution in [-0.2, 0) is 0 Å². The molecule has 0 spiro atoms. The summed E-state index contributed by atoms with van der Waals surface area (Å²) in [4.78, 5) is 12.2. The van der Waals surface area contributed by atoms with Gasteiger partial charge in [-0.05, 0) is 31.2 Å². The maximum absolute atomic E-state index is 5.80. The van der Waals surface area contributed by atoms with Crippen molar-refractivity contribution in [2.75, 3.05) is 5.73 Å². The highest BCUT2D eigenvalue weighted by Crippen LogP contribution is 2.24. The van der Waals surface area contributed by atoms with E-state index in [1.165, 1.54) is 0 Å². The lowest BCUT2D eigenvalue weighted by Crippen LogP contribution is -1.86. The smallest absolute Gasteiger partial charge is 0.138 e. The first-order valence-electron chi connectivity index (χ1n) is 6.08. The van der Waals surface area contributed by atoms with Crippen LogP contribution in [0, 0.1) is 6.92 Å². The summed E-state index contributed by atoms with van der Waals surface area (Å²) in [6.07, 6.45) is 1.77. The predicted octanol–water partition coefficient (Wildman–Crippen LogP) is 3.03. The quantitative estimate of drug-likeness (QED) is 0.687. The van der Waals surface area contributed by atoms with E-state index >= 15 is 0 Å². The molecule has 4 heteroatoms. The number of benzene rings is 1. The number of nitrogens with two attached hydrogens (primary N) is 1. The first kappa shape index (κ1) is 11.5. The molecule has 0 radical (unpaired) electrons. The summed E-state index contributed by atoms with van der Waals surface area (Å²) in [7, 11) is 0. The molecule has 0 atom stereocenters. The van der Waals surface area contributed by atoms with E-state index in [0.29, 0.717) is 0 Å². The van der Waals surface area contributed by atoms with Gasteiger partial charge in [0.1, 0.15) is 11.5 Å². The number of nitrogens with zero attached hydrogens (tertiary/aromatic N) is 2. The van der Waals surface area contributed by atoms with Crippen molar-refractivity contribution in [2.24, 2.45) is 0 Å². The van der Waals surface area contributed by atoms with Gasteiger partial charge in [-0.1, -0.05) is 18.2 Å². The van der Waals surface area contributed by atoms with Crippen molar-refractivity contribution in [3.63, 3.8) is 0 Å². The molecule has 19 heavy (non-hydrogen) atoms. The number of aromatic nitrogens is 3. The molecule has 3 rings (SSSR count). The maximum Gasteiger partial charge on any atom is 0.138 e. The first-order chi connectivity index (χ1) is 9.24. The highest BCUT2D eigenvalue weighted by atomic mass is 14.9. The van der Waals surface area contributed by atoms with Gasteiger partial charge in [0.15, 0.2) is 0 Å². The third-order valence-corrected chi connectivity index (χ3v) is 2.95. The molecular weight excluding hydrogens is 236 g/mol. The van der Waals surface area contributed by atoms with Gasteiger partial charge in [0.2, 0.25) is 0 Å².